The molecular formula is C99H192N2O10. The van der Waals surface area contributed by atoms with E-state index in [9.17, 15) is 24.0 Å². The molecule has 0 heterocycles. The molecule has 0 rings (SSSR count). The number of hydrogen-bond donors (Lipinski definition) is 0. The fourth-order valence-corrected chi connectivity index (χ4v) is 16.7. The van der Waals surface area contributed by atoms with E-state index in [0.29, 0.717) is 106 Å². The van der Waals surface area contributed by atoms with Crippen LogP contribution >= 0.6 is 0 Å². The topological polar surface area (TPSA) is 138 Å². The maximum Gasteiger partial charge on any atom is 0.308 e. The van der Waals surface area contributed by atoms with Gasteiger partial charge in [0.2, 0.25) is 0 Å². The van der Waals surface area contributed by atoms with Gasteiger partial charge in [-0.25, -0.2) is 0 Å². The monoisotopic (exact) mass is 1570 g/mol. The first-order valence-electron chi connectivity index (χ1n) is 49.1. The highest BCUT2D eigenvalue weighted by atomic mass is 16.5. The molecule has 0 saturated heterocycles. The van der Waals surface area contributed by atoms with Crippen molar-refractivity contribution in [1.29, 1.82) is 0 Å². The number of esters is 5. The molecule has 0 bridgehead atoms. The predicted molar refractivity (Wildman–Crippen MR) is 475 cm³/mol. The molecule has 6 unspecified atom stereocenters. The van der Waals surface area contributed by atoms with Crippen molar-refractivity contribution in [3.8, 4) is 0 Å². The molecule has 12 heteroatoms. The van der Waals surface area contributed by atoms with Gasteiger partial charge in [0, 0.05) is 50.9 Å². The molecule has 0 aromatic heterocycles. The van der Waals surface area contributed by atoms with Crippen molar-refractivity contribution in [2.75, 3.05) is 60.2 Å². The fraction of sp³-hybridized carbons (Fsp3) is 0.949. The van der Waals surface area contributed by atoms with Crippen molar-refractivity contribution in [3.05, 3.63) is 0 Å². The van der Waals surface area contributed by atoms with Crippen molar-refractivity contribution < 1.29 is 47.7 Å². The van der Waals surface area contributed by atoms with Gasteiger partial charge in [-0.1, -0.05) is 338 Å². The van der Waals surface area contributed by atoms with E-state index in [-0.39, 0.29) is 35.8 Å². The molecular weight excluding hydrogens is 1380 g/mol. The summed E-state index contributed by atoms with van der Waals surface area (Å²) < 4.78 is 29.0. The van der Waals surface area contributed by atoms with E-state index in [1.165, 1.54) is 231 Å². The Morgan fingerprint density at radius 3 is 0.973 bits per heavy atom. The summed E-state index contributed by atoms with van der Waals surface area (Å²) in [6.45, 7) is 32.2. The zero-order valence-electron chi connectivity index (χ0n) is 76.7. The third-order valence-corrected chi connectivity index (χ3v) is 25.2. The van der Waals surface area contributed by atoms with Crippen LogP contribution in [0.3, 0.4) is 0 Å². The molecule has 0 aliphatic rings. The number of nitrogens with zero attached hydrogens (tertiary/aromatic N) is 2. The molecule has 0 aromatic carbocycles. The van der Waals surface area contributed by atoms with Crippen LogP contribution in [0.15, 0.2) is 0 Å². The molecule has 0 aromatic rings. The Morgan fingerprint density at radius 2 is 0.586 bits per heavy atom. The largest absolute Gasteiger partial charge is 0.466 e. The van der Waals surface area contributed by atoms with E-state index in [0.717, 1.165) is 167 Å². The summed E-state index contributed by atoms with van der Waals surface area (Å²) in [4.78, 5) is 69.4. The maximum atomic E-state index is 13.4. The van der Waals surface area contributed by atoms with Crippen LogP contribution in [0.25, 0.3) is 0 Å². The summed E-state index contributed by atoms with van der Waals surface area (Å²) in [5.41, 5.74) is 0. The molecule has 6 atom stereocenters. The highest BCUT2D eigenvalue weighted by molar-refractivity contribution is 5.72. The van der Waals surface area contributed by atoms with E-state index in [1.54, 1.807) is 0 Å². The zero-order chi connectivity index (χ0) is 81.8. The van der Waals surface area contributed by atoms with Crippen molar-refractivity contribution in [1.82, 2.24) is 9.80 Å². The lowest BCUT2D eigenvalue weighted by molar-refractivity contribution is -0.149. The van der Waals surface area contributed by atoms with Crippen LogP contribution in [0.2, 0.25) is 0 Å². The van der Waals surface area contributed by atoms with Gasteiger partial charge in [-0.15, -0.1) is 0 Å². The summed E-state index contributed by atoms with van der Waals surface area (Å²) in [6.07, 6.45) is 71.0. The van der Waals surface area contributed by atoms with E-state index < -0.39 is 0 Å². The molecule has 0 aliphatic heterocycles. The quantitative estimate of drug-likeness (QED) is 0.0325. The number of hydrogen-bond acceptors (Lipinski definition) is 12. The SMILES string of the molecule is CCCCC(CCCC)CCOC(=O)CCCCCCCCCC(CCCCCCCCCC(=O)OCCC(CCCC)CCC(C)C(CC)CC(CCCC)CC(=O)OCCCCCCCCCCC(CCCCCCCCCCOC(=O)CC(CCCC)CCCC)C(=O)OCCCN(C)C(C)C)CN(C)C(C)C. The van der Waals surface area contributed by atoms with Crippen LogP contribution < -0.4 is 0 Å². The average molecular weight is 1570 g/mol. The minimum Gasteiger partial charge on any atom is -0.466 e. The standard InChI is InChI=1S/C99H192N2O10/c1-15-22-59-88(60-23-16-2)73-79-109-95(102)69-54-46-38-32-34-42-50-65-91(84-101(14)86(10)11)66-51-43-35-33-39-47-55-70-96(103)110-80-74-89(61-24-17-3)72-71-87(12)93(21-7)81-92(64-27-20-6)83-98(105)108-77-57-49-41-31-29-37-45-53-68-94(99(106)111-78-58-75-100(13)85(8)9)67-52-44-36-28-30-40-48-56-76-107-97(104)82-90(62-25-18-4)63-26-19-5/h85-94H,15-84H2,1-14H3. The highest BCUT2D eigenvalue weighted by Gasteiger charge is 2.26. The van der Waals surface area contributed by atoms with Crippen molar-refractivity contribution >= 4 is 29.8 Å². The lowest BCUT2D eigenvalue weighted by Gasteiger charge is -2.28. The first kappa shape index (κ1) is 108. The molecule has 0 saturated carbocycles. The van der Waals surface area contributed by atoms with Crippen LogP contribution in [0.1, 0.15) is 488 Å². The van der Waals surface area contributed by atoms with E-state index in [4.69, 9.17) is 23.7 Å². The Kier molecular flexibility index (Phi) is 77.8. The Balaban J connectivity index is 4.63. The number of ether oxygens (including phenoxy) is 5. The van der Waals surface area contributed by atoms with E-state index >= 15 is 0 Å². The van der Waals surface area contributed by atoms with Crippen LogP contribution in [-0.2, 0) is 47.7 Å². The average Bonchev–Trinajstić information content (AvgIpc) is 0.908. The van der Waals surface area contributed by atoms with Gasteiger partial charge in [-0.3, -0.25) is 24.0 Å². The third kappa shape index (κ3) is 69.0. The minimum absolute atomic E-state index is 0.00348. The van der Waals surface area contributed by atoms with Gasteiger partial charge >= 0.3 is 29.8 Å². The summed E-state index contributed by atoms with van der Waals surface area (Å²) in [6, 6.07) is 1.06. The predicted octanol–water partition coefficient (Wildman–Crippen LogP) is 29.0. The van der Waals surface area contributed by atoms with Crippen molar-refractivity contribution in [2.45, 2.75) is 500 Å². The van der Waals surface area contributed by atoms with Gasteiger partial charge < -0.3 is 33.5 Å². The lowest BCUT2D eigenvalue weighted by Crippen LogP contribution is -2.31. The zero-order valence-corrected chi connectivity index (χ0v) is 76.7. The summed E-state index contributed by atoms with van der Waals surface area (Å²) >= 11 is 0. The smallest absolute Gasteiger partial charge is 0.308 e. The molecule has 0 fully saturated rings. The Morgan fingerprint density at radius 1 is 0.270 bits per heavy atom. The van der Waals surface area contributed by atoms with E-state index in [1.807, 2.05) is 0 Å². The number of carbonyl (C=O) groups excluding carboxylic acids is 5. The van der Waals surface area contributed by atoms with Gasteiger partial charge in [0.25, 0.3) is 0 Å². The minimum atomic E-state index is -0.0173. The van der Waals surface area contributed by atoms with Crippen molar-refractivity contribution in [2.24, 2.45) is 47.3 Å². The molecule has 0 amide bonds. The normalized spacial score (nSPS) is 13.6. The summed E-state index contributed by atoms with van der Waals surface area (Å²) in [5, 5.41) is 0. The molecule has 111 heavy (non-hydrogen) atoms. The highest BCUT2D eigenvalue weighted by Crippen LogP contribution is 2.34. The van der Waals surface area contributed by atoms with E-state index in [2.05, 4.69) is 107 Å². The number of carbonyl (C=O) groups is 5. The second-order valence-electron chi connectivity index (χ2n) is 36.1. The second-order valence-corrected chi connectivity index (χ2v) is 36.1. The fourth-order valence-electron chi connectivity index (χ4n) is 16.7. The van der Waals surface area contributed by atoms with Crippen LogP contribution in [-0.4, -0.2) is 112 Å². The molecule has 658 valence electrons. The Hall–Kier alpha value is -2.73. The van der Waals surface area contributed by atoms with Crippen LogP contribution in [0, 0.1) is 47.3 Å². The van der Waals surface area contributed by atoms with Gasteiger partial charge in [-0.2, -0.15) is 0 Å². The number of rotatable bonds is 86. The van der Waals surface area contributed by atoms with Gasteiger partial charge in [0.05, 0.1) is 39.0 Å². The van der Waals surface area contributed by atoms with Gasteiger partial charge in [-0.05, 0) is 180 Å². The van der Waals surface area contributed by atoms with Crippen LogP contribution in [0.4, 0.5) is 0 Å². The summed E-state index contributed by atoms with van der Waals surface area (Å²) in [7, 11) is 4.43. The molecule has 0 spiro atoms. The van der Waals surface area contributed by atoms with Gasteiger partial charge in [0.15, 0.2) is 0 Å². The first-order valence-corrected chi connectivity index (χ1v) is 49.1. The number of unbranched alkanes of at least 4 members (excludes halogenated alkanes) is 32. The van der Waals surface area contributed by atoms with Crippen LogP contribution in [0.5, 0.6) is 0 Å². The lowest BCUT2D eigenvalue weighted by atomic mass is 9.77. The Bertz CT molecular complexity index is 2040. The Labute approximate surface area is 690 Å². The summed E-state index contributed by atoms with van der Waals surface area (Å²) in [5.74, 6) is 4.06. The van der Waals surface area contributed by atoms with Gasteiger partial charge in [0.1, 0.15) is 0 Å². The molecule has 0 N–H and O–H groups in total. The second kappa shape index (κ2) is 79.7. The first-order chi connectivity index (χ1) is 53.9. The molecule has 0 radical (unpaired) electrons. The third-order valence-electron chi connectivity index (χ3n) is 25.2. The molecule has 12 nitrogen and oxygen atoms in total. The maximum absolute atomic E-state index is 13.4. The molecule has 0 aliphatic carbocycles. The van der Waals surface area contributed by atoms with Crippen molar-refractivity contribution in [3.63, 3.8) is 0 Å².